The van der Waals surface area contributed by atoms with Crippen LogP contribution >= 0.6 is 11.6 Å². The molecule has 0 unspecified atom stereocenters. The van der Waals surface area contributed by atoms with Gasteiger partial charge in [0.25, 0.3) is 5.91 Å². The van der Waals surface area contributed by atoms with Crippen LogP contribution < -0.4 is 0 Å². The average Bonchev–Trinajstić information content (AvgIpc) is 2.87. The van der Waals surface area contributed by atoms with Gasteiger partial charge in [0.15, 0.2) is 0 Å². The van der Waals surface area contributed by atoms with Crippen molar-refractivity contribution in [2.45, 2.75) is 20.4 Å². The van der Waals surface area contributed by atoms with E-state index in [1.165, 1.54) is 0 Å². The summed E-state index contributed by atoms with van der Waals surface area (Å²) in [5.41, 5.74) is 2.79. The molecule has 0 radical (unpaired) electrons. The third-order valence-corrected chi connectivity index (χ3v) is 4.57. The first-order valence-electron chi connectivity index (χ1n) is 7.73. The molecule has 0 spiro atoms. The number of piperazine rings is 1. The number of nitrogens with zero attached hydrogens (tertiary/aromatic N) is 3. The van der Waals surface area contributed by atoms with Crippen molar-refractivity contribution in [3.63, 3.8) is 0 Å². The number of halogens is 1. The van der Waals surface area contributed by atoms with Gasteiger partial charge in [-0.25, -0.2) is 0 Å². The maximum absolute atomic E-state index is 12.5. The summed E-state index contributed by atoms with van der Waals surface area (Å²) in [4.78, 5) is 16.7. The van der Waals surface area contributed by atoms with E-state index >= 15 is 0 Å². The zero-order valence-corrected chi connectivity index (χ0v) is 14.1. The number of carbonyl (C=O) groups is 1. The molecule has 1 aliphatic rings. The fourth-order valence-corrected chi connectivity index (χ4v) is 2.96. The van der Waals surface area contributed by atoms with Crippen molar-refractivity contribution in [3.05, 3.63) is 51.9 Å². The van der Waals surface area contributed by atoms with Crippen molar-refractivity contribution in [2.24, 2.45) is 0 Å². The highest BCUT2D eigenvalue weighted by atomic mass is 35.5. The minimum Gasteiger partial charge on any atom is -0.361 e. The van der Waals surface area contributed by atoms with Gasteiger partial charge in [0, 0.05) is 48.9 Å². The monoisotopic (exact) mass is 333 g/mol. The minimum atomic E-state index is 0.0682. The van der Waals surface area contributed by atoms with Crippen molar-refractivity contribution in [2.75, 3.05) is 26.2 Å². The first-order chi connectivity index (χ1) is 11.0. The molecule has 23 heavy (non-hydrogen) atoms. The first kappa shape index (κ1) is 16.0. The third-order valence-electron chi connectivity index (χ3n) is 4.31. The fraction of sp³-hybridized carbons (Fsp3) is 0.412. The number of benzene rings is 1. The molecule has 1 aliphatic heterocycles. The lowest BCUT2D eigenvalue weighted by Gasteiger charge is -2.34. The van der Waals surface area contributed by atoms with Crippen LogP contribution in [0.15, 0.2) is 28.8 Å². The summed E-state index contributed by atoms with van der Waals surface area (Å²) in [5.74, 6) is 0.945. The van der Waals surface area contributed by atoms with Crippen molar-refractivity contribution in [1.82, 2.24) is 15.0 Å². The van der Waals surface area contributed by atoms with E-state index in [0.29, 0.717) is 10.6 Å². The molecule has 2 aromatic rings. The Hall–Kier alpha value is -1.85. The highest BCUT2D eigenvalue weighted by Crippen LogP contribution is 2.17. The van der Waals surface area contributed by atoms with E-state index < -0.39 is 0 Å². The van der Waals surface area contributed by atoms with Crippen LogP contribution in [-0.4, -0.2) is 47.0 Å². The van der Waals surface area contributed by atoms with Gasteiger partial charge in [-0.1, -0.05) is 16.8 Å². The molecule has 1 fully saturated rings. The van der Waals surface area contributed by atoms with Gasteiger partial charge in [-0.2, -0.15) is 0 Å². The number of aromatic nitrogens is 1. The Balaban J connectivity index is 1.58. The number of rotatable bonds is 3. The molecule has 0 saturated carbocycles. The molecule has 3 rings (SSSR count). The first-order valence-corrected chi connectivity index (χ1v) is 8.11. The molecule has 1 amide bonds. The standard InChI is InChI=1S/C17H20ClN3O2/c1-12-16(13(2)23-19-12)11-20-7-9-21(10-8-20)17(22)14-3-5-15(18)6-4-14/h3-6H,7-11H2,1-2H3. The minimum absolute atomic E-state index is 0.0682. The second-order valence-electron chi connectivity index (χ2n) is 5.88. The average molecular weight is 334 g/mol. The summed E-state index contributed by atoms with van der Waals surface area (Å²) in [6, 6.07) is 7.06. The molecule has 0 atom stereocenters. The van der Waals surface area contributed by atoms with Crippen LogP contribution in [0.4, 0.5) is 0 Å². The van der Waals surface area contributed by atoms with Crippen LogP contribution in [0.5, 0.6) is 0 Å². The normalized spacial score (nSPS) is 15.9. The molecule has 1 aromatic heterocycles. The zero-order chi connectivity index (χ0) is 16.4. The number of carbonyl (C=O) groups excluding carboxylic acids is 1. The van der Waals surface area contributed by atoms with E-state index in [9.17, 15) is 4.79 Å². The van der Waals surface area contributed by atoms with Crippen LogP contribution in [0, 0.1) is 13.8 Å². The van der Waals surface area contributed by atoms with Gasteiger partial charge in [-0.05, 0) is 38.1 Å². The van der Waals surface area contributed by atoms with Crippen molar-refractivity contribution in [1.29, 1.82) is 0 Å². The Morgan fingerprint density at radius 1 is 1.17 bits per heavy atom. The third kappa shape index (κ3) is 3.57. The summed E-state index contributed by atoms with van der Waals surface area (Å²) in [7, 11) is 0. The van der Waals surface area contributed by atoms with Gasteiger partial charge >= 0.3 is 0 Å². The van der Waals surface area contributed by atoms with Crippen LogP contribution in [0.3, 0.4) is 0 Å². The van der Waals surface area contributed by atoms with Crippen LogP contribution in [0.25, 0.3) is 0 Å². The Bertz CT molecular complexity index is 669. The smallest absolute Gasteiger partial charge is 0.253 e. The van der Waals surface area contributed by atoms with Crippen LogP contribution in [-0.2, 0) is 6.54 Å². The molecule has 1 saturated heterocycles. The molecule has 5 nitrogen and oxygen atoms in total. The molecular formula is C17H20ClN3O2. The highest BCUT2D eigenvalue weighted by molar-refractivity contribution is 6.30. The van der Waals surface area contributed by atoms with Crippen molar-refractivity contribution in [3.8, 4) is 0 Å². The fourth-order valence-electron chi connectivity index (χ4n) is 2.84. The lowest BCUT2D eigenvalue weighted by molar-refractivity contribution is 0.0627. The Morgan fingerprint density at radius 3 is 2.39 bits per heavy atom. The van der Waals surface area contributed by atoms with Crippen LogP contribution in [0.2, 0.25) is 5.02 Å². The van der Waals surface area contributed by atoms with Crippen molar-refractivity contribution >= 4 is 17.5 Å². The topological polar surface area (TPSA) is 49.6 Å². The molecule has 0 aliphatic carbocycles. The number of amides is 1. The Morgan fingerprint density at radius 2 is 1.83 bits per heavy atom. The molecular weight excluding hydrogens is 314 g/mol. The second kappa shape index (κ2) is 6.72. The van der Waals surface area contributed by atoms with Gasteiger partial charge in [0.05, 0.1) is 5.69 Å². The molecule has 0 bridgehead atoms. The molecule has 1 aromatic carbocycles. The summed E-state index contributed by atoms with van der Waals surface area (Å²) in [5, 5.41) is 4.64. The summed E-state index contributed by atoms with van der Waals surface area (Å²) in [6.45, 7) is 7.88. The summed E-state index contributed by atoms with van der Waals surface area (Å²) < 4.78 is 5.21. The largest absolute Gasteiger partial charge is 0.361 e. The van der Waals surface area contributed by atoms with E-state index in [-0.39, 0.29) is 5.91 Å². The van der Waals surface area contributed by atoms with Gasteiger partial charge in [-0.3, -0.25) is 9.69 Å². The maximum atomic E-state index is 12.5. The zero-order valence-electron chi connectivity index (χ0n) is 13.4. The lowest BCUT2D eigenvalue weighted by Crippen LogP contribution is -2.48. The van der Waals surface area contributed by atoms with E-state index in [4.69, 9.17) is 16.1 Å². The van der Waals surface area contributed by atoms with E-state index in [1.807, 2.05) is 18.7 Å². The quantitative estimate of drug-likeness (QED) is 0.866. The number of hydrogen-bond donors (Lipinski definition) is 0. The predicted molar refractivity (Wildman–Crippen MR) is 88.6 cm³/mol. The van der Waals surface area contributed by atoms with E-state index in [2.05, 4.69) is 10.1 Å². The molecule has 0 N–H and O–H groups in total. The van der Waals surface area contributed by atoms with Gasteiger partial charge in [-0.15, -0.1) is 0 Å². The highest BCUT2D eigenvalue weighted by Gasteiger charge is 2.23. The van der Waals surface area contributed by atoms with E-state index in [1.54, 1.807) is 24.3 Å². The number of hydrogen-bond acceptors (Lipinski definition) is 4. The second-order valence-corrected chi connectivity index (χ2v) is 6.31. The van der Waals surface area contributed by atoms with Crippen molar-refractivity contribution < 1.29 is 9.32 Å². The molecule has 6 heteroatoms. The van der Waals surface area contributed by atoms with Gasteiger partial charge < -0.3 is 9.42 Å². The SMILES string of the molecule is Cc1noc(C)c1CN1CCN(C(=O)c2ccc(Cl)cc2)CC1. The lowest BCUT2D eigenvalue weighted by atomic mass is 10.1. The Kier molecular flexibility index (Phi) is 4.68. The molecule has 2 heterocycles. The Labute approximate surface area is 140 Å². The van der Waals surface area contributed by atoms with Crippen LogP contribution in [0.1, 0.15) is 27.4 Å². The predicted octanol–water partition coefficient (Wildman–Crippen LogP) is 2.90. The summed E-state index contributed by atoms with van der Waals surface area (Å²) in [6.07, 6.45) is 0. The maximum Gasteiger partial charge on any atom is 0.253 e. The summed E-state index contributed by atoms with van der Waals surface area (Å²) >= 11 is 5.87. The molecule has 122 valence electrons. The van der Waals surface area contributed by atoms with E-state index in [0.717, 1.165) is 49.7 Å². The number of aryl methyl sites for hydroxylation is 2. The van der Waals surface area contributed by atoms with Gasteiger partial charge in [0.2, 0.25) is 0 Å². The van der Waals surface area contributed by atoms with Gasteiger partial charge in [0.1, 0.15) is 5.76 Å².